The molecule has 0 saturated heterocycles. The van der Waals surface area contributed by atoms with E-state index in [1.165, 1.54) is 20.9 Å². The summed E-state index contributed by atoms with van der Waals surface area (Å²) >= 11 is 1.83. The first-order valence-electron chi connectivity index (χ1n) is 6.11. The molecule has 96 valence electrons. The second-order valence-corrected chi connectivity index (χ2v) is 5.77. The van der Waals surface area contributed by atoms with Crippen molar-refractivity contribution in [3.05, 3.63) is 51.2 Å². The molecule has 2 nitrogen and oxygen atoms in total. The molecule has 0 aliphatic rings. The zero-order chi connectivity index (χ0) is 13.0. The number of rotatable bonds is 5. The van der Waals surface area contributed by atoms with Gasteiger partial charge in [-0.05, 0) is 39.1 Å². The van der Waals surface area contributed by atoms with E-state index in [0.29, 0.717) is 6.61 Å². The van der Waals surface area contributed by atoms with E-state index in [9.17, 15) is 0 Å². The van der Waals surface area contributed by atoms with E-state index in [2.05, 4.69) is 37.4 Å². The molecule has 1 heterocycles. The molecule has 2 aromatic rings. The lowest BCUT2D eigenvalue weighted by Crippen LogP contribution is -2.02. The van der Waals surface area contributed by atoms with Gasteiger partial charge in [0, 0.05) is 21.9 Å². The van der Waals surface area contributed by atoms with Crippen LogP contribution in [0.2, 0.25) is 0 Å². The Morgan fingerprint density at radius 3 is 2.56 bits per heavy atom. The molecule has 1 N–H and O–H groups in total. The summed E-state index contributed by atoms with van der Waals surface area (Å²) in [6.45, 7) is 5.81. The van der Waals surface area contributed by atoms with Gasteiger partial charge in [0.05, 0.1) is 0 Å². The minimum Gasteiger partial charge on any atom is -0.489 e. The van der Waals surface area contributed by atoms with E-state index in [0.717, 1.165) is 12.3 Å². The maximum atomic E-state index is 5.81. The molecule has 0 saturated carbocycles. The van der Waals surface area contributed by atoms with Crippen LogP contribution in [-0.2, 0) is 13.2 Å². The molecular formula is C15H19NOS. The van der Waals surface area contributed by atoms with Crippen molar-refractivity contribution in [1.82, 2.24) is 5.32 Å². The van der Waals surface area contributed by atoms with Crippen LogP contribution in [0.15, 0.2) is 30.3 Å². The van der Waals surface area contributed by atoms with E-state index < -0.39 is 0 Å². The summed E-state index contributed by atoms with van der Waals surface area (Å²) in [7, 11) is 1.97. The average molecular weight is 261 g/mol. The van der Waals surface area contributed by atoms with Crippen molar-refractivity contribution >= 4 is 11.3 Å². The maximum Gasteiger partial charge on any atom is 0.119 e. The number of benzene rings is 1. The molecule has 0 amide bonds. The summed E-state index contributed by atoms with van der Waals surface area (Å²) in [6, 6.07) is 10.4. The predicted octanol–water partition coefficient (Wildman–Crippen LogP) is 3.66. The quantitative estimate of drug-likeness (QED) is 0.887. The predicted molar refractivity (Wildman–Crippen MR) is 77.3 cm³/mol. The Kier molecular flexibility index (Phi) is 4.39. The Labute approximate surface area is 113 Å². The number of nitrogens with one attached hydrogen (secondary N) is 1. The summed E-state index contributed by atoms with van der Waals surface area (Å²) in [5.41, 5.74) is 2.54. The second-order valence-electron chi connectivity index (χ2n) is 4.43. The highest BCUT2D eigenvalue weighted by Gasteiger charge is 2.05. The smallest absolute Gasteiger partial charge is 0.119 e. The van der Waals surface area contributed by atoms with Gasteiger partial charge in [-0.25, -0.2) is 0 Å². The van der Waals surface area contributed by atoms with Crippen LogP contribution < -0.4 is 10.1 Å². The second kappa shape index (κ2) is 6.03. The first kappa shape index (κ1) is 13.1. The lowest BCUT2D eigenvalue weighted by Gasteiger charge is -2.05. The number of thiophene rings is 1. The molecule has 0 bridgehead atoms. The summed E-state index contributed by atoms with van der Waals surface area (Å²) in [5.74, 6) is 0.932. The number of hydrogen-bond donors (Lipinski definition) is 1. The lowest BCUT2D eigenvalue weighted by molar-refractivity contribution is 0.306. The van der Waals surface area contributed by atoms with Crippen LogP contribution in [0.3, 0.4) is 0 Å². The fourth-order valence-corrected chi connectivity index (χ4v) is 2.85. The van der Waals surface area contributed by atoms with Crippen molar-refractivity contribution in [3.63, 3.8) is 0 Å². The van der Waals surface area contributed by atoms with Crippen molar-refractivity contribution in [1.29, 1.82) is 0 Å². The Hall–Kier alpha value is -1.32. The summed E-state index contributed by atoms with van der Waals surface area (Å²) in [6.07, 6.45) is 0. The Morgan fingerprint density at radius 2 is 1.89 bits per heavy atom. The molecule has 1 aromatic carbocycles. The van der Waals surface area contributed by atoms with Crippen LogP contribution >= 0.6 is 11.3 Å². The first-order chi connectivity index (χ1) is 8.69. The van der Waals surface area contributed by atoms with Crippen LogP contribution in [0.4, 0.5) is 0 Å². The molecule has 1 aromatic heterocycles. The van der Waals surface area contributed by atoms with Crippen molar-refractivity contribution in [3.8, 4) is 5.75 Å². The van der Waals surface area contributed by atoms with Crippen LogP contribution in [-0.4, -0.2) is 7.05 Å². The number of hydrogen-bond acceptors (Lipinski definition) is 3. The average Bonchev–Trinajstić information content (AvgIpc) is 2.70. The van der Waals surface area contributed by atoms with Gasteiger partial charge >= 0.3 is 0 Å². The standard InChI is InChI=1S/C15H19NOS/c1-11-4-6-14(7-5-11)17-10-13-8-15(9-16-3)18-12(13)2/h4-8,16H,9-10H2,1-3H3. The Morgan fingerprint density at radius 1 is 1.17 bits per heavy atom. The van der Waals surface area contributed by atoms with Gasteiger partial charge in [-0.15, -0.1) is 11.3 Å². The van der Waals surface area contributed by atoms with E-state index in [-0.39, 0.29) is 0 Å². The summed E-state index contributed by atoms with van der Waals surface area (Å²) < 4.78 is 5.81. The normalized spacial score (nSPS) is 10.6. The third-order valence-electron chi connectivity index (χ3n) is 2.84. The van der Waals surface area contributed by atoms with E-state index in [4.69, 9.17) is 4.74 Å². The third kappa shape index (κ3) is 3.34. The molecule has 3 heteroatoms. The van der Waals surface area contributed by atoms with E-state index >= 15 is 0 Å². The Bertz CT molecular complexity index is 502. The first-order valence-corrected chi connectivity index (χ1v) is 6.93. The van der Waals surface area contributed by atoms with Gasteiger partial charge in [-0.2, -0.15) is 0 Å². The van der Waals surface area contributed by atoms with Gasteiger partial charge in [-0.1, -0.05) is 17.7 Å². The van der Waals surface area contributed by atoms with E-state index in [1.54, 1.807) is 0 Å². The maximum absolute atomic E-state index is 5.81. The van der Waals surface area contributed by atoms with E-state index in [1.807, 2.05) is 30.5 Å². The van der Waals surface area contributed by atoms with Crippen LogP contribution in [0, 0.1) is 13.8 Å². The lowest BCUT2D eigenvalue weighted by atomic mass is 10.2. The molecular weight excluding hydrogens is 242 g/mol. The van der Waals surface area contributed by atoms with Gasteiger partial charge in [0.25, 0.3) is 0 Å². The number of aryl methyl sites for hydroxylation is 2. The fraction of sp³-hybridized carbons (Fsp3) is 0.333. The minimum atomic E-state index is 0.648. The van der Waals surface area contributed by atoms with Crippen molar-refractivity contribution in [2.75, 3.05) is 7.05 Å². The highest BCUT2D eigenvalue weighted by Crippen LogP contribution is 2.23. The van der Waals surface area contributed by atoms with Crippen molar-refractivity contribution in [2.45, 2.75) is 27.0 Å². The van der Waals surface area contributed by atoms with Gasteiger partial charge < -0.3 is 10.1 Å². The molecule has 0 fully saturated rings. The van der Waals surface area contributed by atoms with Gasteiger partial charge in [-0.3, -0.25) is 0 Å². The third-order valence-corrected chi connectivity index (χ3v) is 3.93. The molecule has 0 radical (unpaired) electrons. The highest BCUT2D eigenvalue weighted by molar-refractivity contribution is 7.12. The van der Waals surface area contributed by atoms with Crippen LogP contribution in [0.1, 0.15) is 20.9 Å². The van der Waals surface area contributed by atoms with Crippen LogP contribution in [0.25, 0.3) is 0 Å². The molecule has 2 rings (SSSR count). The largest absolute Gasteiger partial charge is 0.489 e. The van der Waals surface area contributed by atoms with Crippen LogP contribution in [0.5, 0.6) is 5.75 Å². The van der Waals surface area contributed by atoms with Gasteiger partial charge in [0.15, 0.2) is 0 Å². The molecule has 0 aliphatic heterocycles. The van der Waals surface area contributed by atoms with Crippen molar-refractivity contribution < 1.29 is 4.74 Å². The van der Waals surface area contributed by atoms with Gasteiger partial charge in [0.1, 0.15) is 12.4 Å². The summed E-state index contributed by atoms with van der Waals surface area (Å²) in [5, 5.41) is 3.17. The fourth-order valence-electron chi connectivity index (χ4n) is 1.79. The number of ether oxygens (including phenoxy) is 1. The monoisotopic (exact) mass is 261 g/mol. The molecule has 0 aliphatic carbocycles. The van der Waals surface area contributed by atoms with Crippen molar-refractivity contribution in [2.24, 2.45) is 0 Å². The summed E-state index contributed by atoms with van der Waals surface area (Å²) in [4.78, 5) is 2.70. The minimum absolute atomic E-state index is 0.648. The highest BCUT2D eigenvalue weighted by atomic mass is 32.1. The SMILES string of the molecule is CNCc1cc(COc2ccc(C)cc2)c(C)s1. The van der Waals surface area contributed by atoms with Gasteiger partial charge in [0.2, 0.25) is 0 Å². The Balaban J connectivity index is 1.99. The molecule has 0 unspecified atom stereocenters. The molecule has 0 spiro atoms. The topological polar surface area (TPSA) is 21.3 Å². The zero-order valence-corrected chi connectivity index (χ0v) is 11.9. The molecule has 18 heavy (non-hydrogen) atoms. The zero-order valence-electron chi connectivity index (χ0n) is 11.1. The molecule has 0 atom stereocenters.